The lowest BCUT2D eigenvalue weighted by atomic mass is 9.99. The highest BCUT2D eigenvalue weighted by Gasteiger charge is 2.06. The quantitative estimate of drug-likeness (QED) is 0.0899. The summed E-state index contributed by atoms with van der Waals surface area (Å²) in [6, 6.07) is 47.9. The third-order valence-electron chi connectivity index (χ3n) is 10.2. The fourth-order valence-corrected chi connectivity index (χ4v) is 7.18. The minimum absolute atomic E-state index is 1.05. The molecule has 3 heterocycles. The molecule has 4 aromatic carbocycles. The summed E-state index contributed by atoms with van der Waals surface area (Å²) < 4.78 is 0. The number of benzene rings is 4. The molecule has 0 spiro atoms. The Bertz CT molecular complexity index is 2110. The zero-order valence-electron chi connectivity index (χ0n) is 30.3. The van der Waals surface area contributed by atoms with E-state index >= 15 is 0 Å². The molecule has 0 N–H and O–H groups in total. The number of hydrogen-bond donors (Lipinski definition) is 0. The summed E-state index contributed by atoms with van der Waals surface area (Å²) >= 11 is 0. The van der Waals surface area contributed by atoms with Gasteiger partial charge in [-0.05, 0) is 103 Å². The monoisotopic (exact) mass is 679 g/mol. The molecule has 260 valence electrons. The zero-order chi connectivity index (χ0) is 35.2. The predicted octanol–water partition coefficient (Wildman–Crippen LogP) is 12.7. The van der Waals surface area contributed by atoms with Gasteiger partial charge < -0.3 is 0 Å². The zero-order valence-corrected chi connectivity index (χ0v) is 30.3. The van der Waals surface area contributed by atoms with E-state index in [1.807, 2.05) is 24.7 Å². The average Bonchev–Trinajstić information content (AvgIpc) is 3.21. The van der Waals surface area contributed by atoms with Crippen LogP contribution < -0.4 is 0 Å². The number of unbranched alkanes of at least 4 members (excludes halogenated alkanes) is 6. The SMILES string of the molecule is c1ccc(-c2ccc(CCCCCCc3ccnc(-c4ccc(CCCCCCc5ccc(-c6nccc7ccccc67)cc5)cc4)c3)cn2)cc1. The summed E-state index contributed by atoms with van der Waals surface area (Å²) in [5.41, 5.74) is 12.3. The summed E-state index contributed by atoms with van der Waals surface area (Å²) in [5.74, 6) is 0. The van der Waals surface area contributed by atoms with Crippen molar-refractivity contribution in [3.8, 4) is 33.8 Å². The number of aryl methyl sites for hydroxylation is 4. The normalized spacial score (nSPS) is 11.2. The van der Waals surface area contributed by atoms with Gasteiger partial charge in [0.2, 0.25) is 0 Å². The second kappa shape index (κ2) is 18.2. The van der Waals surface area contributed by atoms with Gasteiger partial charge in [0.05, 0.1) is 17.1 Å². The predicted molar refractivity (Wildman–Crippen MR) is 218 cm³/mol. The third-order valence-corrected chi connectivity index (χ3v) is 10.2. The number of rotatable bonds is 17. The maximum atomic E-state index is 4.70. The van der Waals surface area contributed by atoms with Crippen LogP contribution in [0.15, 0.2) is 152 Å². The van der Waals surface area contributed by atoms with Gasteiger partial charge in [0.1, 0.15) is 0 Å². The lowest BCUT2D eigenvalue weighted by Crippen LogP contribution is -1.92. The Morgan fingerprint density at radius 2 is 0.904 bits per heavy atom. The number of hydrogen-bond acceptors (Lipinski definition) is 3. The van der Waals surface area contributed by atoms with Crippen molar-refractivity contribution in [2.75, 3.05) is 0 Å². The first-order valence-corrected chi connectivity index (χ1v) is 19.3. The molecule has 0 aliphatic heterocycles. The van der Waals surface area contributed by atoms with Crippen LogP contribution in [0.3, 0.4) is 0 Å². The van der Waals surface area contributed by atoms with Gasteiger partial charge >= 0.3 is 0 Å². The summed E-state index contributed by atoms with van der Waals surface area (Å²) in [5, 5.41) is 2.45. The van der Waals surface area contributed by atoms with Crippen molar-refractivity contribution in [1.82, 2.24) is 15.0 Å². The van der Waals surface area contributed by atoms with Crippen molar-refractivity contribution in [3.05, 3.63) is 174 Å². The Morgan fingerprint density at radius 3 is 1.58 bits per heavy atom. The van der Waals surface area contributed by atoms with Crippen LogP contribution in [-0.2, 0) is 25.7 Å². The number of nitrogens with zero attached hydrogens (tertiary/aromatic N) is 3. The van der Waals surface area contributed by atoms with Gasteiger partial charge in [0, 0.05) is 40.7 Å². The molecule has 7 rings (SSSR count). The average molecular weight is 680 g/mol. The molecule has 3 heteroatoms. The fourth-order valence-electron chi connectivity index (χ4n) is 7.18. The smallest absolute Gasteiger partial charge is 0.0780 e. The highest BCUT2D eigenvalue weighted by Crippen LogP contribution is 2.27. The van der Waals surface area contributed by atoms with Gasteiger partial charge in [-0.25, -0.2) is 0 Å². The number of aromatic nitrogens is 3. The Morgan fingerprint density at radius 1 is 0.346 bits per heavy atom. The molecule has 0 unspecified atom stereocenters. The second-order valence-electron chi connectivity index (χ2n) is 14.1. The molecule has 52 heavy (non-hydrogen) atoms. The molecule has 0 fully saturated rings. The van der Waals surface area contributed by atoms with Crippen LogP contribution in [0.25, 0.3) is 44.5 Å². The summed E-state index contributed by atoms with van der Waals surface area (Å²) in [6.45, 7) is 0. The topological polar surface area (TPSA) is 38.7 Å². The molecule has 3 nitrogen and oxygen atoms in total. The standard InChI is InChI=1S/C49H49N3/c1(2-7-15-39-24-29-45(30-25-39)49-46-21-13-12-18-42(46)33-35-51-49)6-14-38-22-27-44(28-23-38)48-36-40(32-34-50-48)16-8-3-4-9-17-41-26-31-47(52-37-41)43-19-10-5-11-20-43/h5,10-13,18-37H,1-4,6-9,14-17H2. The molecule has 0 aliphatic rings. The van der Waals surface area contributed by atoms with Crippen molar-refractivity contribution in [2.45, 2.75) is 77.0 Å². The van der Waals surface area contributed by atoms with Crippen LogP contribution in [0.5, 0.6) is 0 Å². The van der Waals surface area contributed by atoms with Crippen LogP contribution in [-0.4, -0.2) is 15.0 Å². The molecule has 0 bridgehead atoms. The van der Waals surface area contributed by atoms with Crippen LogP contribution in [0.4, 0.5) is 0 Å². The fraction of sp³-hybridized carbons (Fsp3) is 0.245. The van der Waals surface area contributed by atoms with Gasteiger partial charge in [-0.15, -0.1) is 0 Å². The van der Waals surface area contributed by atoms with Crippen molar-refractivity contribution in [1.29, 1.82) is 0 Å². The third kappa shape index (κ3) is 9.67. The Labute approximate surface area is 309 Å². The molecule has 0 amide bonds. The van der Waals surface area contributed by atoms with Crippen molar-refractivity contribution in [3.63, 3.8) is 0 Å². The first-order chi connectivity index (χ1) is 25.8. The Kier molecular flexibility index (Phi) is 12.2. The van der Waals surface area contributed by atoms with Gasteiger partial charge in [-0.2, -0.15) is 0 Å². The van der Waals surface area contributed by atoms with Gasteiger partial charge in [0.25, 0.3) is 0 Å². The molecule has 0 aliphatic carbocycles. The Hall–Kier alpha value is -5.41. The maximum Gasteiger partial charge on any atom is 0.0780 e. The van der Waals surface area contributed by atoms with E-state index in [1.54, 1.807) is 0 Å². The molecule has 0 saturated heterocycles. The van der Waals surface area contributed by atoms with E-state index < -0.39 is 0 Å². The van der Waals surface area contributed by atoms with E-state index in [0.717, 1.165) is 42.8 Å². The second-order valence-corrected chi connectivity index (χ2v) is 14.1. The minimum Gasteiger partial charge on any atom is -0.256 e. The minimum atomic E-state index is 1.05. The van der Waals surface area contributed by atoms with E-state index in [9.17, 15) is 0 Å². The van der Waals surface area contributed by atoms with Crippen LogP contribution in [0, 0.1) is 0 Å². The molecule has 0 radical (unpaired) electrons. The van der Waals surface area contributed by atoms with E-state index in [-0.39, 0.29) is 0 Å². The number of fused-ring (bicyclic) bond motifs is 1. The molecule has 7 aromatic rings. The largest absolute Gasteiger partial charge is 0.256 e. The number of pyridine rings is 3. The molecule has 3 aromatic heterocycles. The first kappa shape index (κ1) is 35.0. The maximum absolute atomic E-state index is 4.70. The van der Waals surface area contributed by atoms with Crippen molar-refractivity contribution >= 4 is 10.8 Å². The van der Waals surface area contributed by atoms with E-state index in [1.165, 1.54) is 101 Å². The highest BCUT2D eigenvalue weighted by atomic mass is 14.7. The lowest BCUT2D eigenvalue weighted by molar-refractivity contribution is 0.640. The van der Waals surface area contributed by atoms with Gasteiger partial charge in [-0.3, -0.25) is 15.0 Å². The highest BCUT2D eigenvalue weighted by molar-refractivity contribution is 5.94. The molecular weight excluding hydrogens is 631 g/mol. The molecule has 0 saturated carbocycles. The van der Waals surface area contributed by atoms with Crippen LogP contribution in [0.1, 0.15) is 73.6 Å². The summed E-state index contributed by atoms with van der Waals surface area (Å²) in [7, 11) is 0. The summed E-state index contributed by atoms with van der Waals surface area (Å²) in [4.78, 5) is 14.1. The van der Waals surface area contributed by atoms with E-state index in [2.05, 4.69) is 137 Å². The first-order valence-electron chi connectivity index (χ1n) is 19.3. The molecular formula is C49H49N3. The van der Waals surface area contributed by atoms with Crippen LogP contribution >= 0.6 is 0 Å². The molecule has 0 atom stereocenters. The lowest BCUT2D eigenvalue weighted by Gasteiger charge is -2.08. The van der Waals surface area contributed by atoms with E-state index in [0.29, 0.717) is 0 Å². The summed E-state index contributed by atoms with van der Waals surface area (Å²) in [6.07, 6.45) is 20.3. The Balaban J connectivity index is 0.776. The van der Waals surface area contributed by atoms with Crippen molar-refractivity contribution in [2.24, 2.45) is 0 Å². The van der Waals surface area contributed by atoms with Gasteiger partial charge in [-0.1, -0.05) is 135 Å². The van der Waals surface area contributed by atoms with E-state index in [4.69, 9.17) is 4.98 Å². The van der Waals surface area contributed by atoms with Crippen LogP contribution in [0.2, 0.25) is 0 Å². The van der Waals surface area contributed by atoms with Crippen molar-refractivity contribution < 1.29 is 0 Å². The van der Waals surface area contributed by atoms with Gasteiger partial charge in [0.15, 0.2) is 0 Å².